The van der Waals surface area contributed by atoms with E-state index in [1.54, 1.807) is 0 Å². The number of nitrogens with one attached hydrogen (secondary N) is 1. The number of hydrogen-bond donors (Lipinski definition) is 1. The Morgan fingerprint density at radius 3 is 2.52 bits per heavy atom. The molecule has 0 aliphatic heterocycles. The minimum absolute atomic E-state index is 0.348. The van der Waals surface area contributed by atoms with E-state index in [0.717, 1.165) is 19.4 Å². The maximum atomic E-state index is 3.73. The fourth-order valence-electron chi connectivity index (χ4n) is 2.58. The topological polar surface area (TPSA) is 12.0 Å². The largest absolute Gasteiger partial charge is 0.310 e. The molecular weight excluding hydrogens is 322 g/mol. The van der Waals surface area contributed by atoms with Crippen molar-refractivity contribution in [1.29, 1.82) is 0 Å². The monoisotopic (exact) mass is 345 g/mol. The van der Waals surface area contributed by atoms with Crippen LogP contribution in [0.2, 0.25) is 0 Å². The van der Waals surface area contributed by atoms with Gasteiger partial charge in [-0.3, -0.25) is 0 Å². The lowest BCUT2D eigenvalue weighted by atomic mass is 9.95. The molecule has 2 heteroatoms. The van der Waals surface area contributed by atoms with E-state index in [4.69, 9.17) is 0 Å². The van der Waals surface area contributed by atoms with Crippen LogP contribution in [-0.2, 0) is 6.42 Å². The summed E-state index contributed by atoms with van der Waals surface area (Å²) in [6.07, 6.45) is 2.17. The highest BCUT2D eigenvalue weighted by Gasteiger charge is 2.15. The zero-order valence-electron chi connectivity index (χ0n) is 13.1. The molecule has 0 heterocycles. The second kappa shape index (κ2) is 7.77. The molecule has 1 N–H and O–H groups in total. The molecule has 112 valence electrons. The summed E-state index contributed by atoms with van der Waals surface area (Å²) >= 11 is 3.73. The normalized spacial score (nSPS) is 12.4. The Bertz CT molecular complexity index is 592. The van der Waals surface area contributed by atoms with Crippen molar-refractivity contribution in [3.05, 3.63) is 69.2 Å². The lowest BCUT2D eigenvalue weighted by Gasteiger charge is -2.22. The number of aryl methyl sites for hydroxylation is 2. The summed E-state index contributed by atoms with van der Waals surface area (Å²) in [7, 11) is 0. The van der Waals surface area contributed by atoms with Gasteiger partial charge in [0.1, 0.15) is 0 Å². The third-order valence-electron chi connectivity index (χ3n) is 3.86. The first-order chi connectivity index (χ1) is 10.1. The molecule has 2 rings (SSSR count). The van der Waals surface area contributed by atoms with Gasteiger partial charge in [-0.05, 0) is 61.6 Å². The van der Waals surface area contributed by atoms with Crippen molar-refractivity contribution < 1.29 is 0 Å². The highest BCUT2D eigenvalue weighted by Crippen LogP contribution is 2.28. The molecule has 0 saturated carbocycles. The smallest absolute Gasteiger partial charge is 0.0372 e. The molecule has 0 aliphatic carbocycles. The van der Waals surface area contributed by atoms with Gasteiger partial charge in [0.05, 0.1) is 0 Å². The van der Waals surface area contributed by atoms with Gasteiger partial charge >= 0.3 is 0 Å². The SMILES string of the molecule is CCCNC(Cc1ccccc1C)c1ccc(C)cc1Br. The molecule has 0 radical (unpaired) electrons. The molecule has 0 bridgehead atoms. The van der Waals surface area contributed by atoms with Crippen LogP contribution < -0.4 is 5.32 Å². The van der Waals surface area contributed by atoms with Crippen molar-refractivity contribution in [3.8, 4) is 0 Å². The van der Waals surface area contributed by atoms with E-state index in [1.165, 1.54) is 26.7 Å². The highest BCUT2D eigenvalue weighted by molar-refractivity contribution is 9.10. The van der Waals surface area contributed by atoms with Gasteiger partial charge in [-0.2, -0.15) is 0 Å². The Balaban J connectivity index is 2.27. The van der Waals surface area contributed by atoms with Gasteiger partial charge < -0.3 is 5.32 Å². The van der Waals surface area contributed by atoms with Crippen LogP contribution in [0.1, 0.15) is 41.6 Å². The summed E-state index contributed by atoms with van der Waals surface area (Å²) in [6, 6.07) is 15.6. The van der Waals surface area contributed by atoms with Crippen LogP contribution in [0.5, 0.6) is 0 Å². The van der Waals surface area contributed by atoms with Crippen LogP contribution in [-0.4, -0.2) is 6.54 Å². The summed E-state index contributed by atoms with van der Waals surface area (Å²) in [4.78, 5) is 0. The highest BCUT2D eigenvalue weighted by atomic mass is 79.9. The van der Waals surface area contributed by atoms with Crippen LogP contribution in [0.15, 0.2) is 46.9 Å². The van der Waals surface area contributed by atoms with Crippen molar-refractivity contribution in [2.24, 2.45) is 0 Å². The third kappa shape index (κ3) is 4.42. The van der Waals surface area contributed by atoms with Gasteiger partial charge in [-0.1, -0.05) is 59.3 Å². The molecule has 2 aromatic rings. The van der Waals surface area contributed by atoms with Gasteiger partial charge in [0.2, 0.25) is 0 Å². The van der Waals surface area contributed by atoms with Gasteiger partial charge in [-0.15, -0.1) is 0 Å². The summed E-state index contributed by atoms with van der Waals surface area (Å²) < 4.78 is 1.20. The molecule has 0 spiro atoms. The lowest BCUT2D eigenvalue weighted by Crippen LogP contribution is -2.24. The van der Waals surface area contributed by atoms with Crippen molar-refractivity contribution in [1.82, 2.24) is 5.32 Å². The Labute approximate surface area is 136 Å². The predicted molar refractivity (Wildman–Crippen MR) is 94.8 cm³/mol. The lowest BCUT2D eigenvalue weighted by molar-refractivity contribution is 0.526. The Morgan fingerprint density at radius 2 is 1.86 bits per heavy atom. The minimum Gasteiger partial charge on any atom is -0.310 e. The van der Waals surface area contributed by atoms with Crippen LogP contribution in [0, 0.1) is 13.8 Å². The standard InChI is InChI=1S/C19H24BrN/c1-4-11-21-19(13-16-8-6-5-7-15(16)3)17-10-9-14(2)12-18(17)20/h5-10,12,19,21H,4,11,13H2,1-3H3. The van der Waals surface area contributed by atoms with Crippen LogP contribution in [0.25, 0.3) is 0 Å². The first kappa shape index (κ1) is 16.3. The molecule has 0 saturated heterocycles. The van der Waals surface area contributed by atoms with E-state index < -0.39 is 0 Å². The van der Waals surface area contributed by atoms with E-state index in [1.807, 2.05) is 0 Å². The van der Waals surface area contributed by atoms with Crippen molar-refractivity contribution in [2.75, 3.05) is 6.54 Å². The molecule has 1 unspecified atom stereocenters. The van der Waals surface area contributed by atoms with Crippen LogP contribution >= 0.6 is 15.9 Å². The average molecular weight is 346 g/mol. The first-order valence-corrected chi connectivity index (χ1v) is 8.45. The maximum Gasteiger partial charge on any atom is 0.0372 e. The van der Waals surface area contributed by atoms with E-state index in [9.17, 15) is 0 Å². The zero-order valence-corrected chi connectivity index (χ0v) is 14.7. The minimum atomic E-state index is 0.348. The molecule has 0 aliphatic rings. The zero-order chi connectivity index (χ0) is 15.2. The fourth-order valence-corrected chi connectivity index (χ4v) is 3.35. The van der Waals surface area contributed by atoms with Crippen molar-refractivity contribution in [2.45, 2.75) is 39.7 Å². The molecule has 0 fully saturated rings. The summed E-state index contributed by atoms with van der Waals surface area (Å²) in [5, 5.41) is 3.69. The van der Waals surface area contributed by atoms with Gasteiger partial charge in [0.15, 0.2) is 0 Å². The molecule has 0 amide bonds. The Morgan fingerprint density at radius 1 is 1.10 bits per heavy atom. The number of benzene rings is 2. The quantitative estimate of drug-likeness (QED) is 0.743. The summed E-state index contributed by atoms with van der Waals surface area (Å²) in [5.74, 6) is 0. The van der Waals surface area contributed by atoms with Crippen LogP contribution in [0.4, 0.5) is 0 Å². The van der Waals surface area contributed by atoms with E-state index in [0.29, 0.717) is 6.04 Å². The van der Waals surface area contributed by atoms with E-state index in [2.05, 4.69) is 84.5 Å². The third-order valence-corrected chi connectivity index (χ3v) is 4.54. The molecule has 0 aromatic heterocycles. The summed E-state index contributed by atoms with van der Waals surface area (Å²) in [6.45, 7) is 7.57. The molecule has 2 aromatic carbocycles. The fraction of sp³-hybridized carbons (Fsp3) is 0.368. The predicted octanol–water partition coefficient (Wildman–Crippen LogP) is 5.35. The summed E-state index contributed by atoms with van der Waals surface area (Å²) in [5.41, 5.74) is 5.41. The number of rotatable bonds is 6. The Hall–Kier alpha value is -1.12. The van der Waals surface area contributed by atoms with Crippen molar-refractivity contribution >= 4 is 15.9 Å². The number of halogens is 1. The van der Waals surface area contributed by atoms with Crippen LogP contribution in [0.3, 0.4) is 0 Å². The van der Waals surface area contributed by atoms with Gasteiger partial charge in [-0.25, -0.2) is 0 Å². The number of hydrogen-bond acceptors (Lipinski definition) is 1. The molecule has 1 nitrogen and oxygen atoms in total. The first-order valence-electron chi connectivity index (χ1n) is 7.65. The van der Waals surface area contributed by atoms with Crippen molar-refractivity contribution in [3.63, 3.8) is 0 Å². The second-order valence-corrected chi connectivity index (χ2v) is 6.52. The van der Waals surface area contributed by atoms with E-state index in [-0.39, 0.29) is 0 Å². The second-order valence-electron chi connectivity index (χ2n) is 5.66. The molecule has 1 atom stereocenters. The maximum absolute atomic E-state index is 3.73. The molecular formula is C19H24BrN. The van der Waals surface area contributed by atoms with E-state index >= 15 is 0 Å². The van der Waals surface area contributed by atoms with Gasteiger partial charge in [0.25, 0.3) is 0 Å². The average Bonchev–Trinajstić information content (AvgIpc) is 2.46. The molecule has 21 heavy (non-hydrogen) atoms. The van der Waals surface area contributed by atoms with Gasteiger partial charge in [0, 0.05) is 10.5 Å². The Kier molecular flexibility index (Phi) is 6.01.